The molecule has 17 heavy (non-hydrogen) atoms. The van der Waals surface area contributed by atoms with E-state index in [0.29, 0.717) is 0 Å². The molecule has 1 aromatic carbocycles. The first-order valence-corrected chi connectivity index (χ1v) is 5.48. The molecule has 2 N–H and O–H groups in total. The highest BCUT2D eigenvalue weighted by molar-refractivity contribution is 5.93. The zero-order valence-electron chi connectivity index (χ0n) is 10.3. The van der Waals surface area contributed by atoms with Crippen molar-refractivity contribution in [2.75, 3.05) is 0 Å². The summed E-state index contributed by atoms with van der Waals surface area (Å²) in [5.41, 5.74) is 3.26. The number of rotatable bonds is 4. The van der Waals surface area contributed by atoms with Gasteiger partial charge in [0.2, 0.25) is 5.91 Å². The van der Waals surface area contributed by atoms with Crippen molar-refractivity contribution in [1.29, 1.82) is 0 Å². The van der Waals surface area contributed by atoms with Gasteiger partial charge >= 0.3 is 5.97 Å². The molecule has 0 aliphatic carbocycles. The first-order chi connectivity index (χ1) is 7.90. The molecule has 4 nitrogen and oxygen atoms in total. The number of nitrogens with one attached hydrogen (secondary N) is 1. The monoisotopic (exact) mass is 235 g/mol. The maximum absolute atomic E-state index is 11.3. The number of carboxylic acid groups (broad SMARTS) is 1. The van der Waals surface area contributed by atoms with Crippen molar-refractivity contribution in [3.05, 3.63) is 34.9 Å². The molecule has 1 aromatic rings. The number of carbonyl (C=O) groups is 2. The molecule has 0 saturated carbocycles. The number of benzene rings is 1. The van der Waals surface area contributed by atoms with Gasteiger partial charge < -0.3 is 10.4 Å². The normalized spacial score (nSPS) is 11.9. The van der Waals surface area contributed by atoms with Gasteiger partial charge in [0.1, 0.15) is 6.42 Å². The third kappa shape index (κ3) is 3.90. The Morgan fingerprint density at radius 3 is 2.53 bits per heavy atom. The molecule has 1 atom stereocenters. The Kier molecular flexibility index (Phi) is 4.26. The second-order valence-electron chi connectivity index (χ2n) is 4.22. The second kappa shape index (κ2) is 5.48. The highest BCUT2D eigenvalue weighted by Gasteiger charge is 2.13. The molecule has 0 aliphatic rings. The predicted octanol–water partition coefficient (Wildman–Crippen LogP) is 1.96. The fourth-order valence-electron chi connectivity index (χ4n) is 1.82. The summed E-state index contributed by atoms with van der Waals surface area (Å²) in [6, 6.07) is 5.79. The Morgan fingerprint density at radius 1 is 1.35 bits per heavy atom. The molecule has 1 amide bonds. The van der Waals surface area contributed by atoms with E-state index in [4.69, 9.17) is 5.11 Å². The summed E-state index contributed by atoms with van der Waals surface area (Å²) < 4.78 is 0. The Morgan fingerprint density at radius 2 is 2.00 bits per heavy atom. The fourth-order valence-corrected chi connectivity index (χ4v) is 1.82. The van der Waals surface area contributed by atoms with Gasteiger partial charge in [-0.3, -0.25) is 9.59 Å². The molecule has 0 radical (unpaired) electrons. The second-order valence-corrected chi connectivity index (χ2v) is 4.22. The minimum Gasteiger partial charge on any atom is -0.481 e. The molecule has 1 unspecified atom stereocenters. The van der Waals surface area contributed by atoms with Crippen LogP contribution in [0.3, 0.4) is 0 Å². The van der Waals surface area contributed by atoms with Crippen LogP contribution in [0.4, 0.5) is 0 Å². The van der Waals surface area contributed by atoms with Crippen molar-refractivity contribution < 1.29 is 14.7 Å². The predicted molar refractivity (Wildman–Crippen MR) is 64.7 cm³/mol. The number of hydrogen-bond donors (Lipinski definition) is 2. The number of carbonyl (C=O) groups excluding carboxylic acids is 1. The summed E-state index contributed by atoms with van der Waals surface area (Å²) in [6.07, 6.45) is -0.491. The lowest BCUT2D eigenvalue weighted by atomic mass is 10.0. The highest BCUT2D eigenvalue weighted by Crippen LogP contribution is 2.18. The van der Waals surface area contributed by atoms with Gasteiger partial charge in [-0.2, -0.15) is 0 Å². The van der Waals surface area contributed by atoms with Crippen LogP contribution in [0, 0.1) is 13.8 Å². The quantitative estimate of drug-likeness (QED) is 0.784. The lowest BCUT2D eigenvalue weighted by Crippen LogP contribution is -2.28. The van der Waals surface area contributed by atoms with Gasteiger partial charge in [-0.05, 0) is 31.9 Å². The molecule has 1 rings (SSSR count). The van der Waals surface area contributed by atoms with E-state index < -0.39 is 18.3 Å². The topological polar surface area (TPSA) is 66.4 Å². The summed E-state index contributed by atoms with van der Waals surface area (Å²) in [4.78, 5) is 21.7. The van der Waals surface area contributed by atoms with Gasteiger partial charge in [-0.15, -0.1) is 0 Å². The molecule has 0 fully saturated rings. The van der Waals surface area contributed by atoms with E-state index in [-0.39, 0.29) is 6.04 Å². The van der Waals surface area contributed by atoms with Crippen molar-refractivity contribution in [3.8, 4) is 0 Å². The van der Waals surface area contributed by atoms with Crippen LogP contribution in [-0.4, -0.2) is 17.0 Å². The lowest BCUT2D eigenvalue weighted by Gasteiger charge is -2.16. The van der Waals surface area contributed by atoms with Crippen molar-refractivity contribution in [3.63, 3.8) is 0 Å². The van der Waals surface area contributed by atoms with E-state index in [0.717, 1.165) is 16.7 Å². The van der Waals surface area contributed by atoms with Gasteiger partial charge in [0.05, 0.1) is 6.04 Å². The molecule has 0 bridgehead atoms. The number of amides is 1. The Hall–Kier alpha value is -1.84. The first-order valence-electron chi connectivity index (χ1n) is 5.48. The Balaban J connectivity index is 2.73. The summed E-state index contributed by atoms with van der Waals surface area (Å²) in [7, 11) is 0. The highest BCUT2D eigenvalue weighted by atomic mass is 16.4. The molecule has 0 spiro atoms. The van der Waals surface area contributed by atoms with Crippen LogP contribution in [0.15, 0.2) is 18.2 Å². The molecule has 0 aliphatic heterocycles. The number of aryl methyl sites for hydroxylation is 2. The van der Waals surface area contributed by atoms with Crippen molar-refractivity contribution in [1.82, 2.24) is 5.32 Å². The van der Waals surface area contributed by atoms with Crippen LogP contribution in [0.5, 0.6) is 0 Å². The van der Waals surface area contributed by atoms with Crippen molar-refractivity contribution in [2.45, 2.75) is 33.2 Å². The van der Waals surface area contributed by atoms with Gasteiger partial charge in [0.15, 0.2) is 0 Å². The van der Waals surface area contributed by atoms with E-state index >= 15 is 0 Å². The first kappa shape index (κ1) is 13.2. The summed E-state index contributed by atoms with van der Waals surface area (Å²) in [6.45, 7) is 5.82. The zero-order valence-corrected chi connectivity index (χ0v) is 10.3. The van der Waals surface area contributed by atoms with Crippen LogP contribution < -0.4 is 5.32 Å². The van der Waals surface area contributed by atoms with Gasteiger partial charge in [0, 0.05) is 0 Å². The largest absolute Gasteiger partial charge is 0.481 e. The van der Waals surface area contributed by atoms with Crippen LogP contribution >= 0.6 is 0 Å². The molecule has 0 saturated heterocycles. The van der Waals surface area contributed by atoms with E-state index in [2.05, 4.69) is 5.32 Å². The molecule has 0 aromatic heterocycles. The van der Waals surface area contributed by atoms with E-state index in [1.165, 1.54) is 0 Å². The summed E-state index contributed by atoms with van der Waals surface area (Å²) in [5, 5.41) is 11.2. The fraction of sp³-hybridized carbons (Fsp3) is 0.385. The van der Waals surface area contributed by atoms with Crippen LogP contribution in [-0.2, 0) is 9.59 Å². The molecule has 0 heterocycles. The third-order valence-electron chi connectivity index (χ3n) is 2.58. The standard InChI is InChI=1S/C13H17NO3/c1-8-4-5-11(9(2)6-8)10(3)14-12(15)7-13(16)17/h4-6,10H,7H2,1-3H3,(H,14,15)(H,16,17). The van der Waals surface area contributed by atoms with Crippen molar-refractivity contribution >= 4 is 11.9 Å². The molecular formula is C13H17NO3. The van der Waals surface area contributed by atoms with Gasteiger partial charge in [0.25, 0.3) is 0 Å². The van der Waals surface area contributed by atoms with Crippen LogP contribution in [0.2, 0.25) is 0 Å². The average Bonchev–Trinajstić information content (AvgIpc) is 2.15. The van der Waals surface area contributed by atoms with E-state index in [1.54, 1.807) is 0 Å². The maximum Gasteiger partial charge on any atom is 0.312 e. The molecular weight excluding hydrogens is 218 g/mol. The van der Waals surface area contributed by atoms with E-state index in [1.807, 2.05) is 39.0 Å². The third-order valence-corrected chi connectivity index (χ3v) is 2.58. The molecule has 92 valence electrons. The Labute approximate surface area is 101 Å². The summed E-state index contributed by atoms with van der Waals surface area (Å²) in [5.74, 6) is -1.58. The SMILES string of the molecule is Cc1ccc(C(C)NC(=O)CC(=O)O)c(C)c1. The lowest BCUT2D eigenvalue weighted by molar-refractivity contribution is -0.140. The van der Waals surface area contributed by atoms with Gasteiger partial charge in [-0.25, -0.2) is 0 Å². The average molecular weight is 235 g/mol. The number of hydrogen-bond acceptors (Lipinski definition) is 2. The minimum atomic E-state index is -1.12. The molecule has 4 heteroatoms. The van der Waals surface area contributed by atoms with Crippen LogP contribution in [0.25, 0.3) is 0 Å². The number of carboxylic acids is 1. The van der Waals surface area contributed by atoms with Crippen molar-refractivity contribution in [2.24, 2.45) is 0 Å². The Bertz CT molecular complexity index is 440. The summed E-state index contributed by atoms with van der Waals surface area (Å²) >= 11 is 0. The maximum atomic E-state index is 11.3. The van der Waals surface area contributed by atoms with E-state index in [9.17, 15) is 9.59 Å². The van der Waals surface area contributed by atoms with Crippen LogP contribution in [0.1, 0.15) is 36.1 Å². The minimum absolute atomic E-state index is 0.178. The smallest absolute Gasteiger partial charge is 0.312 e. The number of aliphatic carboxylic acids is 1. The zero-order chi connectivity index (χ0) is 13.0. The van der Waals surface area contributed by atoms with Gasteiger partial charge in [-0.1, -0.05) is 23.8 Å².